The van der Waals surface area contributed by atoms with Gasteiger partial charge in [0.25, 0.3) is 0 Å². The number of hydrogen-bond donors (Lipinski definition) is 0. The van der Waals surface area contributed by atoms with E-state index in [9.17, 15) is 0 Å². The van der Waals surface area contributed by atoms with Crippen molar-refractivity contribution in [1.82, 2.24) is 0 Å². The Hall–Kier alpha value is -1.28. The van der Waals surface area contributed by atoms with E-state index in [-0.39, 0.29) is 26.2 Å². The van der Waals surface area contributed by atoms with E-state index in [2.05, 4.69) is 125 Å². The molecule has 254 valence electrons. The zero-order chi connectivity index (χ0) is 35.8. The Morgan fingerprint density at radius 1 is 0.426 bits per heavy atom. The number of benzene rings is 3. The molecule has 0 unspecified atom stereocenters. The van der Waals surface area contributed by atoms with Gasteiger partial charge in [0.1, 0.15) is 0 Å². The Balaban J connectivity index is 0.000000764. The van der Waals surface area contributed by atoms with E-state index in [0.29, 0.717) is 4.66 Å². The SMILES string of the molecule is C[Si](C)(C)C1=[C-]C([Si](C)(C)C)([Si](C)(C)C)C([Si](C)(C)C)=C1[Si](C)(C)C.[CH2-]c1ccccc1.[CH2-]c1ccccc1.[CH2-]c1ccccc1.[Zr+4]. The van der Waals surface area contributed by atoms with E-state index in [1.54, 1.807) is 5.20 Å². The Morgan fingerprint density at radius 2 is 0.702 bits per heavy atom. The first-order valence-corrected chi connectivity index (χ1v) is 34.3. The third-order valence-electron chi connectivity index (χ3n) is 8.22. The summed E-state index contributed by atoms with van der Waals surface area (Å²) in [6, 6.07) is 29.6. The van der Waals surface area contributed by atoms with Crippen LogP contribution in [-0.2, 0) is 26.2 Å². The Morgan fingerprint density at radius 3 is 0.851 bits per heavy atom. The van der Waals surface area contributed by atoms with E-state index < -0.39 is 40.4 Å². The van der Waals surface area contributed by atoms with Crippen LogP contribution in [0.5, 0.6) is 0 Å². The molecule has 4 rings (SSSR count). The van der Waals surface area contributed by atoms with E-state index in [1.807, 2.05) is 101 Å². The van der Waals surface area contributed by atoms with Gasteiger partial charge in [0.2, 0.25) is 0 Å². The van der Waals surface area contributed by atoms with Gasteiger partial charge in [-0.2, -0.15) is 79.1 Å². The molecule has 0 saturated heterocycles. The van der Waals surface area contributed by atoms with Gasteiger partial charge in [-0.05, 0) is 8.07 Å². The van der Waals surface area contributed by atoms with Gasteiger partial charge in [-0.3, -0.25) is 6.08 Å². The zero-order valence-electron chi connectivity index (χ0n) is 32.8. The molecule has 0 saturated carbocycles. The monoisotopic (exact) mass is 788 g/mol. The van der Waals surface area contributed by atoms with E-state index in [4.69, 9.17) is 0 Å². The van der Waals surface area contributed by atoms with E-state index in [0.717, 1.165) is 16.7 Å². The van der Waals surface area contributed by atoms with Crippen LogP contribution < -0.4 is 0 Å². The molecule has 0 aromatic heterocycles. The summed E-state index contributed by atoms with van der Waals surface area (Å²) in [6.07, 6.45) is 4.43. The predicted molar refractivity (Wildman–Crippen MR) is 226 cm³/mol. The molecule has 0 aliphatic heterocycles. The second kappa shape index (κ2) is 18.1. The third-order valence-corrected chi connectivity index (χ3v) is 25.0. The molecule has 6 heteroatoms. The van der Waals surface area contributed by atoms with Crippen LogP contribution in [0, 0.1) is 26.8 Å². The Kier molecular flexibility index (Phi) is 17.6. The zero-order valence-corrected chi connectivity index (χ0v) is 40.2. The molecule has 0 nitrogen and oxygen atoms in total. The van der Waals surface area contributed by atoms with Gasteiger partial charge < -0.3 is 0 Å². The molecule has 47 heavy (non-hydrogen) atoms. The van der Waals surface area contributed by atoms with Crippen molar-refractivity contribution in [3.05, 3.63) is 150 Å². The van der Waals surface area contributed by atoms with Crippen molar-refractivity contribution in [2.45, 2.75) is 103 Å². The van der Waals surface area contributed by atoms with Crippen LogP contribution in [0.25, 0.3) is 0 Å². The maximum absolute atomic E-state index is 4.43. The molecule has 3 aromatic carbocycles. The molecule has 0 spiro atoms. The molecule has 0 amide bonds. The number of hydrogen-bond acceptors (Lipinski definition) is 0. The van der Waals surface area contributed by atoms with Gasteiger partial charge in [-0.25, -0.2) is 10.4 Å². The van der Waals surface area contributed by atoms with Gasteiger partial charge in [0.15, 0.2) is 0 Å². The molecule has 0 bridgehead atoms. The van der Waals surface area contributed by atoms with E-state index >= 15 is 0 Å². The van der Waals surface area contributed by atoms with Crippen LogP contribution in [0.1, 0.15) is 16.7 Å². The first-order chi connectivity index (χ1) is 20.8. The fourth-order valence-electron chi connectivity index (χ4n) is 6.56. The summed E-state index contributed by atoms with van der Waals surface area (Å²) < 4.78 is 0.329. The van der Waals surface area contributed by atoms with Crippen LogP contribution in [-0.4, -0.2) is 40.4 Å². The van der Waals surface area contributed by atoms with Crippen LogP contribution in [0.15, 0.2) is 107 Å². The molecule has 0 heterocycles. The minimum atomic E-state index is -1.47. The summed E-state index contributed by atoms with van der Waals surface area (Å²) in [5, 5.41) is 5.60. The van der Waals surface area contributed by atoms with Gasteiger partial charge in [0.05, 0.1) is 8.07 Å². The predicted octanol–water partition coefficient (Wildman–Crippen LogP) is 13.2. The fraction of sp³-hybridized carbons (Fsp3) is 0.390. The van der Waals surface area contributed by atoms with Crippen molar-refractivity contribution in [2.24, 2.45) is 0 Å². The summed E-state index contributed by atoms with van der Waals surface area (Å²) in [4.78, 5) is 0. The van der Waals surface area contributed by atoms with Crippen molar-refractivity contribution in [1.29, 1.82) is 0 Å². The Labute approximate surface area is 317 Å². The average Bonchev–Trinajstić information content (AvgIpc) is 3.32. The summed E-state index contributed by atoms with van der Waals surface area (Å²) >= 11 is 0. The molecule has 0 atom stereocenters. The normalized spacial score (nSPS) is 14.6. The van der Waals surface area contributed by atoms with Crippen LogP contribution >= 0.6 is 0 Å². The molecule has 0 radical (unpaired) electrons. The summed E-state index contributed by atoms with van der Waals surface area (Å²) in [6.45, 7) is 50.3. The molecular weight excluding hydrogens is 724 g/mol. The third kappa shape index (κ3) is 13.5. The van der Waals surface area contributed by atoms with Crippen molar-refractivity contribution in [3.63, 3.8) is 0 Å². The summed E-state index contributed by atoms with van der Waals surface area (Å²) in [7, 11) is -7.23. The van der Waals surface area contributed by atoms with Crippen LogP contribution in [0.4, 0.5) is 0 Å². The summed E-state index contributed by atoms with van der Waals surface area (Å²) in [5.41, 5.74) is 3.22. The maximum Gasteiger partial charge on any atom is 4.00 e. The van der Waals surface area contributed by atoms with Gasteiger partial charge in [-0.15, -0.1) is 36.4 Å². The van der Waals surface area contributed by atoms with Gasteiger partial charge >= 0.3 is 26.2 Å². The minimum Gasteiger partial charge on any atom is -0.273 e. The molecule has 0 fully saturated rings. The smallest absolute Gasteiger partial charge is 0.273 e. The second-order valence-corrected chi connectivity index (χ2v) is 43.7. The van der Waals surface area contributed by atoms with Crippen LogP contribution in [0.3, 0.4) is 0 Å². The van der Waals surface area contributed by atoms with E-state index in [1.165, 1.54) is 0 Å². The second-order valence-electron chi connectivity index (χ2n) is 17.7. The standard InChI is InChI=1S/C20H45Si5.3C7H7.Zr/c1-21(2,3)17-16-20(24(10,11)12,25(13,14)15)19(23(7,8)9)18(17)22(4,5)6;3*1-7-5-3-2-4-6-7;/h1-15H3;3*2-6H,1H2;/q4*-1;+4. The molecular formula is C41H66Si5Zr. The minimum absolute atomic E-state index is 0. The van der Waals surface area contributed by atoms with Crippen molar-refractivity contribution < 1.29 is 26.2 Å². The van der Waals surface area contributed by atoms with Crippen LogP contribution in [0.2, 0.25) is 103 Å². The fourth-order valence-corrected chi connectivity index (χ4v) is 33.2. The van der Waals surface area contributed by atoms with Crippen molar-refractivity contribution in [2.75, 3.05) is 0 Å². The van der Waals surface area contributed by atoms with Crippen molar-refractivity contribution in [3.8, 4) is 0 Å². The number of rotatable bonds is 5. The number of allylic oxidation sites excluding steroid dienone is 4. The summed E-state index contributed by atoms with van der Waals surface area (Å²) in [5.74, 6) is 0. The average molecular weight is 791 g/mol. The van der Waals surface area contributed by atoms with Gasteiger partial charge in [-0.1, -0.05) is 121 Å². The Bertz CT molecular complexity index is 1290. The van der Waals surface area contributed by atoms with Crippen molar-refractivity contribution >= 4 is 40.4 Å². The quantitative estimate of drug-likeness (QED) is 0.178. The molecule has 3 aromatic rings. The maximum atomic E-state index is 4.43. The topological polar surface area (TPSA) is 0 Å². The largest absolute Gasteiger partial charge is 4.00 e. The first-order valence-electron chi connectivity index (χ1n) is 16.8. The molecule has 0 N–H and O–H groups in total. The first kappa shape index (κ1) is 45.7. The van der Waals surface area contributed by atoms with Gasteiger partial charge in [0, 0.05) is 24.2 Å². The molecule has 1 aliphatic rings. The molecule has 1 aliphatic carbocycles.